The molecular weight excluding hydrogens is 512 g/mol. The summed E-state index contributed by atoms with van der Waals surface area (Å²) in [6.45, 7) is 2.06. The highest BCUT2D eigenvalue weighted by Gasteiger charge is 2.48. The maximum atomic E-state index is 14.5. The maximum absolute atomic E-state index is 14.5. The Bertz CT molecular complexity index is 1190. The van der Waals surface area contributed by atoms with E-state index in [1.165, 1.54) is 42.5 Å². The molecule has 2 amide bonds. The molecule has 11 heteroatoms. The summed E-state index contributed by atoms with van der Waals surface area (Å²) < 4.78 is 52.6. The summed E-state index contributed by atoms with van der Waals surface area (Å²) in [7, 11) is 0. The minimum atomic E-state index is -4.44. The van der Waals surface area contributed by atoms with Crippen molar-refractivity contribution in [1.82, 2.24) is 4.90 Å². The van der Waals surface area contributed by atoms with Crippen LogP contribution in [0.5, 0.6) is 0 Å². The van der Waals surface area contributed by atoms with E-state index < -0.39 is 29.2 Å². The van der Waals surface area contributed by atoms with E-state index in [0.717, 1.165) is 6.42 Å². The summed E-state index contributed by atoms with van der Waals surface area (Å²) in [5.74, 6) is -2.59. The van der Waals surface area contributed by atoms with Crippen LogP contribution in [-0.2, 0) is 9.59 Å². The van der Waals surface area contributed by atoms with Crippen LogP contribution in [0.3, 0.4) is 0 Å². The molecule has 0 saturated heterocycles. The van der Waals surface area contributed by atoms with Crippen LogP contribution in [0.25, 0.3) is 0 Å². The fraction of sp³-hybridized carbons (Fsp3) is 0.423. The highest BCUT2D eigenvalue weighted by Crippen LogP contribution is 2.51. The number of benzene rings is 2. The number of nitrogens with zero attached hydrogens (tertiary/aromatic N) is 2. The lowest BCUT2D eigenvalue weighted by molar-refractivity contribution is -0.142. The lowest BCUT2D eigenvalue weighted by atomic mass is 9.81. The minimum absolute atomic E-state index is 0.0394. The van der Waals surface area contributed by atoms with Gasteiger partial charge in [-0.1, -0.05) is 6.42 Å². The molecule has 1 N–H and O–H groups in total. The van der Waals surface area contributed by atoms with Crippen LogP contribution in [0.1, 0.15) is 61.0 Å². The van der Waals surface area contributed by atoms with Crippen molar-refractivity contribution in [2.45, 2.75) is 61.5 Å². The number of thioether (sulfide) groups is 1. The van der Waals surface area contributed by atoms with E-state index in [1.807, 2.05) is 0 Å². The third-order valence-corrected chi connectivity index (χ3v) is 7.68. The Morgan fingerprint density at radius 2 is 1.78 bits per heavy atom. The second-order valence-electron chi connectivity index (χ2n) is 9.13. The zero-order chi connectivity index (χ0) is 26.9. The van der Waals surface area contributed by atoms with Gasteiger partial charge in [0.25, 0.3) is 5.91 Å². The van der Waals surface area contributed by atoms with Crippen molar-refractivity contribution >= 4 is 35.2 Å². The summed E-state index contributed by atoms with van der Waals surface area (Å²) in [4.78, 5) is 40.9. The van der Waals surface area contributed by atoms with Crippen LogP contribution >= 0.6 is 11.8 Å². The number of hydrogen-bond donors (Lipinski definition) is 1. The maximum Gasteiger partial charge on any atom is 0.446 e. The summed E-state index contributed by atoms with van der Waals surface area (Å²) in [6.07, 6.45) is 1.59. The molecule has 6 nitrogen and oxygen atoms in total. The molecule has 4 rings (SSSR count). The van der Waals surface area contributed by atoms with Gasteiger partial charge in [0, 0.05) is 46.6 Å². The Morgan fingerprint density at radius 3 is 2.41 bits per heavy atom. The molecule has 2 aliphatic rings. The molecule has 0 radical (unpaired) electrons. The first-order valence-corrected chi connectivity index (χ1v) is 12.8. The number of amides is 2. The number of carbonyl (C=O) groups is 3. The van der Waals surface area contributed by atoms with Crippen molar-refractivity contribution in [3.8, 4) is 0 Å². The van der Waals surface area contributed by atoms with Crippen LogP contribution in [0.2, 0.25) is 0 Å². The fourth-order valence-corrected chi connectivity index (χ4v) is 6.07. The SMILES string of the molecule is CCN(C(=O)CCC(=O)O)C1c2cc(F)ccc2N(C(=O)c2ccc(SC(F)(F)F)cc2)[C@@H]2CCC[C@@H]12. The summed E-state index contributed by atoms with van der Waals surface area (Å²) >= 11 is -0.264. The predicted molar refractivity (Wildman–Crippen MR) is 130 cm³/mol. The molecule has 2 aromatic carbocycles. The summed E-state index contributed by atoms with van der Waals surface area (Å²) in [5, 5.41) is 9.03. The van der Waals surface area contributed by atoms with E-state index in [4.69, 9.17) is 5.11 Å². The van der Waals surface area contributed by atoms with Crippen molar-refractivity contribution < 1.29 is 37.1 Å². The molecule has 1 unspecified atom stereocenters. The number of alkyl halides is 3. The Kier molecular flexibility index (Phi) is 7.82. The van der Waals surface area contributed by atoms with Crippen LogP contribution in [-0.4, -0.2) is 45.9 Å². The third-order valence-electron chi connectivity index (χ3n) is 6.94. The van der Waals surface area contributed by atoms with Crippen LogP contribution in [0, 0.1) is 11.7 Å². The molecule has 0 aromatic heterocycles. The third kappa shape index (κ3) is 5.76. The average molecular weight is 539 g/mol. The number of hydrogen-bond acceptors (Lipinski definition) is 4. The topological polar surface area (TPSA) is 77.9 Å². The van der Waals surface area contributed by atoms with E-state index in [-0.39, 0.29) is 59.5 Å². The first kappa shape index (κ1) is 27.0. The number of carbonyl (C=O) groups excluding carboxylic acids is 2. The van der Waals surface area contributed by atoms with Gasteiger partial charge in [-0.05, 0) is 74.0 Å². The zero-order valence-corrected chi connectivity index (χ0v) is 20.8. The average Bonchev–Trinajstić information content (AvgIpc) is 3.31. The predicted octanol–water partition coefficient (Wildman–Crippen LogP) is 6.02. The van der Waals surface area contributed by atoms with E-state index >= 15 is 0 Å². The zero-order valence-electron chi connectivity index (χ0n) is 20.0. The first-order chi connectivity index (χ1) is 17.5. The smallest absolute Gasteiger partial charge is 0.446 e. The number of carboxylic acids is 1. The van der Waals surface area contributed by atoms with Crippen molar-refractivity contribution in [3.63, 3.8) is 0 Å². The molecule has 1 saturated carbocycles. The molecule has 0 spiro atoms. The van der Waals surface area contributed by atoms with E-state index in [1.54, 1.807) is 16.7 Å². The van der Waals surface area contributed by atoms with Crippen LogP contribution < -0.4 is 4.90 Å². The number of aliphatic carboxylic acids is 1. The van der Waals surface area contributed by atoms with Gasteiger partial charge in [0.2, 0.25) is 5.91 Å². The van der Waals surface area contributed by atoms with E-state index in [2.05, 4.69) is 0 Å². The molecular formula is C26H26F4N2O4S. The van der Waals surface area contributed by atoms with E-state index in [0.29, 0.717) is 24.1 Å². The highest BCUT2D eigenvalue weighted by atomic mass is 32.2. The number of anilines is 1. The van der Waals surface area contributed by atoms with Crippen molar-refractivity contribution in [2.75, 3.05) is 11.4 Å². The van der Waals surface area contributed by atoms with Gasteiger partial charge in [-0.3, -0.25) is 14.4 Å². The molecule has 3 atom stereocenters. The van der Waals surface area contributed by atoms with Gasteiger partial charge in [-0.15, -0.1) is 0 Å². The Hall–Kier alpha value is -3.08. The summed E-state index contributed by atoms with van der Waals surface area (Å²) in [6, 6.07) is 8.40. The monoisotopic (exact) mass is 538 g/mol. The van der Waals surface area contributed by atoms with Gasteiger partial charge in [-0.2, -0.15) is 13.2 Å². The highest BCUT2D eigenvalue weighted by molar-refractivity contribution is 8.00. The molecule has 0 bridgehead atoms. The fourth-order valence-electron chi connectivity index (χ4n) is 5.53. The number of fused-ring (bicyclic) bond motifs is 2. The van der Waals surface area contributed by atoms with Crippen LogP contribution in [0.4, 0.5) is 23.2 Å². The largest absolute Gasteiger partial charge is 0.481 e. The summed E-state index contributed by atoms with van der Waals surface area (Å²) in [5.41, 5.74) is -3.33. The van der Waals surface area contributed by atoms with Gasteiger partial charge in [-0.25, -0.2) is 4.39 Å². The molecule has 37 heavy (non-hydrogen) atoms. The molecule has 2 aromatic rings. The molecule has 1 aliphatic carbocycles. The lowest BCUT2D eigenvalue weighted by Crippen LogP contribution is -2.52. The number of halogens is 4. The van der Waals surface area contributed by atoms with Crippen molar-refractivity contribution in [1.29, 1.82) is 0 Å². The second kappa shape index (κ2) is 10.7. The van der Waals surface area contributed by atoms with Crippen molar-refractivity contribution in [3.05, 3.63) is 59.4 Å². The standard InChI is InChI=1S/C26H26F4N2O4S/c1-2-31(22(33)12-13-23(34)35)24-18-4-3-5-20(18)32(21-11-8-16(27)14-19(21)24)25(36)15-6-9-17(10-7-15)37-26(28,29)30/h6-11,14,18,20,24H,2-5,12-13H2,1H3,(H,34,35)/t18-,20-,24?/m1/s1. The molecule has 198 valence electrons. The number of carboxylic acid groups (broad SMARTS) is 1. The minimum Gasteiger partial charge on any atom is -0.481 e. The van der Waals surface area contributed by atoms with Gasteiger partial charge < -0.3 is 14.9 Å². The van der Waals surface area contributed by atoms with Gasteiger partial charge in [0.05, 0.1) is 12.5 Å². The molecule has 1 heterocycles. The van der Waals surface area contributed by atoms with Crippen LogP contribution in [0.15, 0.2) is 47.4 Å². The molecule has 1 fully saturated rings. The molecule has 1 aliphatic heterocycles. The van der Waals surface area contributed by atoms with Gasteiger partial charge in [0.1, 0.15) is 5.82 Å². The van der Waals surface area contributed by atoms with Gasteiger partial charge in [0.15, 0.2) is 0 Å². The lowest BCUT2D eigenvalue weighted by Gasteiger charge is -2.47. The Balaban J connectivity index is 1.72. The Labute approximate surface area is 215 Å². The Morgan fingerprint density at radius 1 is 1.08 bits per heavy atom. The number of rotatable bonds is 7. The van der Waals surface area contributed by atoms with E-state index in [9.17, 15) is 31.9 Å². The quantitative estimate of drug-likeness (QED) is 0.345. The van der Waals surface area contributed by atoms with Gasteiger partial charge >= 0.3 is 11.5 Å². The second-order valence-corrected chi connectivity index (χ2v) is 10.3. The first-order valence-electron chi connectivity index (χ1n) is 12.0. The normalized spacial score (nSPS) is 20.8. The van der Waals surface area contributed by atoms with Crippen molar-refractivity contribution in [2.24, 2.45) is 5.92 Å².